The lowest BCUT2D eigenvalue weighted by molar-refractivity contribution is 0.0688. The second-order valence-corrected chi connectivity index (χ2v) is 4.66. The highest BCUT2D eigenvalue weighted by atomic mass is 16.4. The van der Waals surface area contributed by atoms with Crippen LogP contribution in [0.15, 0.2) is 30.3 Å². The Bertz CT molecular complexity index is 690. The molecule has 0 aliphatic heterocycles. The van der Waals surface area contributed by atoms with Crippen molar-refractivity contribution in [3.63, 3.8) is 0 Å². The smallest absolute Gasteiger partial charge is 0.336 e. The quantitative estimate of drug-likeness (QED) is 0.795. The van der Waals surface area contributed by atoms with Crippen molar-refractivity contribution in [3.05, 3.63) is 47.0 Å². The van der Waals surface area contributed by atoms with Gasteiger partial charge in [0.2, 0.25) is 0 Å². The number of benzene rings is 2. The Hall–Kier alpha value is -2.40. The molecule has 0 unspecified atom stereocenters. The van der Waals surface area contributed by atoms with Crippen molar-refractivity contribution in [2.75, 3.05) is 6.61 Å². The van der Waals surface area contributed by atoms with Gasteiger partial charge in [0.25, 0.3) is 0 Å². The Kier molecular flexibility index (Phi) is 3.72. The molecule has 0 fully saturated rings. The molecule has 5 nitrogen and oxygen atoms in total. The minimum Gasteiger partial charge on any atom is -0.478 e. The van der Waals surface area contributed by atoms with Crippen LogP contribution >= 0.6 is 0 Å². The van der Waals surface area contributed by atoms with Gasteiger partial charge in [0.1, 0.15) is 0 Å². The highest BCUT2D eigenvalue weighted by molar-refractivity contribution is 6.06. The average molecular weight is 274 g/mol. The van der Waals surface area contributed by atoms with Crippen LogP contribution in [-0.2, 0) is 0 Å². The molecule has 104 valence electrons. The van der Waals surface area contributed by atoms with Gasteiger partial charge in [0, 0.05) is 12.5 Å². The Balaban J connectivity index is 2.81. The first-order valence-corrected chi connectivity index (χ1v) is 6.09. The van der Waals surface area contributed by atoms with Crippen molar-refractivity contribution in [1.82, 2.24) is 0 Å². The SMILES string of the molecule is C[C@H](CO)c1ccc(C(=O)O)c2ccc(C(=O)O)cc12. The topological polar surface area (TPSA) is 94.8 Å². The van der Waals surface area contributed by atoms with E-state index in [0.717, 1.165) is 5.56 Å². The molecule has 1 atom stereocenters. The maximum absolute atomic E-state index is 11.2. The number of aliphatic hydroxyl groups is 1. The monoisotopic (exact) mass is 274 g/mol. The summed E-state index contributed by atoms with van der Waals surface area (Å²) in [5, 5.41) is 28.5. The van der Waals surface area contributed by atoms with Crippen molar-refractivity contribution >= 4 is 22.7 Å². The Morgan fingerprint density at radius 1 is 1.05 bits per heavy atom. The molecule has 0 bridgehead atoms. The maximum atomic E-state index is 11.2. The molecular weight excluding hydrogens is 260 g/mol. The molecule has 0 amide bonds. The second kappa shape index (κ2) is 5.30. The Morgan fingerprint density at radius 2 is 1.75 bits per heavy atom. The van der Waals surface area contributed by atoms with E-state index in [1.165, 1.54) is 24.3 Å². The summed E-state index contributed by atoms with van der Waals surface area (Å²) in [5.74, 6) is -2.35. The van der Waals surface area contributed by atoms with E-state index in [-0.39, 0.29) is 23.7 Å². The van der Waals surface area contributed by atoms with Gasteiger partial charge in [-0.05, 0) is 34.5 Å². The minimum atomic E-state index is -1.07. The van der Waals surface area contributed by atoms with E-state index >= 15 is 0 Å². The normalized spacial score (nSPS) is 12.3. The van der Waals surface area contributed by atoms with Gasteiger partial charge in [-0.3, -0.25) is 0 Å². The number of hydrogen-bond donors (Lipinski definition) is 3. The van der Waals surface area contributed by atoms with Crippen LogP contribution in [0.2, 0.25) is 0 Å². The Labute approximate surface area is 115 Å². The number of aromatic carboxylic acids is 2. The van der Waals surface area contributed by atoms with Crippen LogP contribution < -0.4 is 0 Å². The zero-order valence-corrected chi connectivity index (χ0v) is 10.8. The predicted octanol–water partition coefficient (Wildman–Crippen LogP) is 2.33. The van der Waals surface area contributed by atoms with Gasteiger partial charge in [-0.2, -0.15) is 0 Å². The van der Waals surface area contributed by atoms with Gasteiger partial charge < -0.3 is 15.3 Å². The fraction of sp³-hybridized carbons (Fsp3) is 0.200. The van der Waals surface area contributed by atoms with Gasteiger partial charge in [-0.25, -0.2) is 9.59 Å². The first kappa shape index (κ1) is 14.0. The van der Waals surface area contributed by atoms with Gasteiger partial charge in [-0.15, -0.1) is 0 Å². The summed E-state index contributed by atoms with van der Waals surface area (Å²) < 4.78 is 0. The molecule has 0 saturated heterocycles. The molecule has 0 radical (unpaired) electrons. The van der Waals surface area contributed by atoms with E-state index in [4.69, 9.17) is 5.11 Å². The molecule has 20 heavy (non-hydrogen) atoms. The first-order valence-electron chi connectivity index (χ1n) is 6.09. The van der Waals surface area contributed by atoms with Crippen LogP contribution in [0.4, 0.5) is 0 Å². The molecule has 0 saturated carbocycles. The first-order chi connectivity index (χ1) is 9.45. The molecule has 2 aromatic rings. The zero-order valence-electron chi connectivity index (χ0n) is 10.8. The molecule has 0 aliphatic rings. The van der Waals surface area contributed by atoms with Gasteiger partial charge in [0.15, 0.2) is 0 Å². The third-order valence-electron chi connectivity index (χ3n) is 3.33. The van der Waals surface area contributed by atoms with Crippen molar-refractivity contribution < 1.29 is 24.9 Å². The molecule has 3 N–H and O–H groups in total. The van der Waals surface area contributed by atoms with Crippen molar-refractivity contribution in [2.45, 2.75) is 12.8 Å². The zero-order chi connectivity index (χ0) is 14.9. The third kappa shape index (κ3) is 2.35. The number of carbonyl (C=O) groups is 2. The summed E-state index contributed by atoms with van der Waals surface area (Å²) in [6.07, 6.45) is 0. The summed E-state index contributed by atoms with van der Waals surface area (Å²) in [4.78, 5) is 22.3. The van der Waals surface area contributed by atoms with Crippen LogP contribution in [0.3, 0.4) is 0 Å². The predicted molar refractivity (Wildman–Crippen MR) is 73.4 cm³/mol. The number of fused-ring (bicyclic) bond motifs is 1. The fourth-order valence-electron chi connectivity index (χ4n) is 2.22. The summed E-state index contributed by atoms with van der Waals surface area (Å²) >= 11 is 0. The molecule has 5 heteroatoms. The number of carboxylic acids is 2. The number of aliphatic hydroxyl groups excluding tert-OH is 1. The van der Waals surface area contributed by atoms with E-state index in [9.17, 15) is 19.8 Å². The van der Waals surface area contributed by atoms with Crippen molar-refractivity contribution in [2.24, 2.45) is 0 Å². The van der Waals surface area contributed by atoms with Crippen molar-refractivity contribution in [3.8, 4) is 0 Å². The molecule has 0 spiro atoms. The minimum absolute atomic E-state index is 0.0893. The van der Waals surface area contributed by atoms with Gasteiger partial charge in [-0.1, -0.05) is 19.1 Å². The third-order valence-corrected chi connectivity index (χ3v) is 3.33. The number of hydrogen-bond acceptors (Lipinski definition) is 3. The van der Waals surface area contributed by atoms with E-state index in [2.05, 4.69) is 0 Å². The lowest BCUT2D eigenvalue weighted by Gasteiger charge is -2.14. The fourth-order valence-corrected chi connectivity index (χ4v) is 2.22. The molecule has 2 rings (SSSR count). The summed E-state index contributed by atoms with van der Waals surface area (Å²) in [6.45, 7) is 1.70. The van der Waals surface area contributed by atoms with Gasteiger partial charge in [0.05, 0.1) is 11.1 Å². The molecule has 0 aromatic heterocycles. The van der Waals surface area contributed by atoms with E-state index in [1.54, 1.807) is 13.0 Å². The average Bonchev–Trinajstić information content (AvgIpc) is 2.44. The summed E-state index contributed by atoms with van der Waals surface area (Å²) in [7, 11) is 0. The lowest BCUT2D eigenvalue weighted by Crippen LogP contribution is -2.05. The summed E-state index contributed by atoms with van der Waals surface area (Å²) in [6, 6.07) is 7.43. The van der Waals surface area contributed by atoms with Crippen molar-refractivity contribution in [1.29, 1.82) is 0 Å². The van der Waals surface area contributed by atoms with Crippen LogP contribution in [0, 0.1) is 0 Å². The molecule has 2 aromatic carbocycles. The van der Waals surface area contributed by atoms with E-state index < -0.39 is 11.9 Å². The van der Waals surface area contributed by atoms with Gasteiger partial charge >= 0.3 is 11.9 Å². The lowest BCUT2D eigenvalue weighted by atomic mass is 9.91. The second-order valence-electron chi connectivity index (χ2n) is 4.66. The molecule has 0 heterocycles. The van der Waals surface area contributed by atoms with Crippen LogP contribution in [0.5, 0.6) is 0 Å². The standard InChI is InChI=1S/C15H14O5/c1-8(7-16)10-4-5-12(15(19)20)11-3-2-9(14(17)18)6-13(10)11/h2-6,8,16H,7H2,1H3,(H,17,18)(H,19,20)/t8-/m1/s1. The van der Waals surface area contributed by atoms with E-state index in [0.29, 0.717) is 10.8 Å². The molecule has 0 aliphatic carbocycles. The molecular formula is C15H14O5. The highest BCUT2D eigenvalue weighted by Crippen LogP contribution is 2.29. The number of carboxylic acid groups (broad SMARTS) is 2. The van der Waals surface area contributed by atoms with E-state index in [1.807, 2.05) is 0 Å². The number of rotatable bonds is 4. The summed E-state index contributed by atoms with van der Waals surface area (Å²) in [5.41, 5.74) is 0.938. The maximum Gasteiger partial charge on any atom is 0.336 e. The Morgan fingerprint density at radius 3 is 2.30 bits per heavy atom. The highest BCUT2D eigenvalue weighted by Gasteiger charge is 2.16. The van der Waals surface area contributed by atoms with Crippen LogP contribution in [-0.4, -0.2) is 33.9 Å². The van der Waals surface area contributed by atoms with Crippen LogP contribution in [0.1, 0.15) is 39.1 Å². The largest absolute Gasteiger partial charge is 0.478 e. The van der Waals surface area contributed by atoms with Crippen LogP contribution in [0.25, 0.3) is 10.8 Å².